The predicted molar refractivity (Wildman–Crippen MR) is 154 cm³/mol. The zero-order chi connectivity index (χ0) is 27.4. The Morgan fingerprint density at radius 1 is 1.00 bits per heavy atom. The van der Waals surface area contributed by atoms with Crippen molar-refractivity contribution in [1.82, 2.24) is 15.0 Å². The lowest BCUT2D eigenvalue weighted by molar-refractivity contribution is -0.137. The summed E-state index contributed by atoms with van der Waals surface area (Å²) in [6, 6.07) is 15.4. The quantitative estimate of drug-likeness (QED) is 0.282. The lowest BCUT2D eigenvalue weighted by atomic mass is 9.94. The van der Waals surface area contributed by atoms with E-state index >= 15 is 0 Å². The fourth-order valence-corrected chi connectivity index (χ4v) is 4.64. The van der Waals surface area contributed by atoms with Crippen molar-refractivity contribution in [3.05, 3.63) is 89.4 Å². The number of aromatic nitrogens is 3. The summed E-state index contributed by atoms with van der Waals surface area (Å²) in [4.78, 5) is 28.0. The number of hydrogen-bond donors (Lipinski definition) is 2. The van der Waals surface area contributed by atoms with E-state index in [2.05, 4.69) is 62.0 Å². The molecule has 4 aromatic rings. The Morgan fingerprint density at radius 3 is 2.26 bits per heavy atom. The first-order valence-corrected chi connectivity index (χ1v) is 12.8. The van der Waals surface area contributed by atoms with E-state index in [0.29, 0.717) is 18.2 Å². The summed E-state index contributed by atoms with van der Waals surface area (Å²) in [5.74, 6) is 0.109. The van der Waals surface area contributed by atoms with Crippen molar-refractivity contribution in [2.24, 2.45) is 0 Å². The molecule has 7 heteroatoms. The van der Waals surface area contributed by atoms with Crippen molar-refractivity contribution < 1.29 is 9.90 Å². The maximum Gasteiger partial charge on any atom is 0.326 e. The second-order valence-electron chi connectivity index (χ2n) is 10.1. The number of aryl methyl sites for hydroxylation is 3. The molecule has 2 heterocycles. The van der Waals surface area contributed by atoms with E-state index < -0.39 is 12.0 Å². The first kappa shape index (κ1) is 26.8. The molecule has 38 heavy (non-hydrogen) atoms. The third-order valence-electron chi connectivity index (χ3n) is 6.81. The third kappa shape index (κ3) is 5.99. The number of carbonyl (C=O) groups is 1. The SMILES string of the molecule is Cc1cc(C)c(-c2cnc(N(C)C(C)C)nc2N[C@@H](Cc2ccc(-c3cccnc3)cc2)C(=O)O)c(C)c1. The van der Waals surface area contributed by atoms with Gasteiger partial charge in [0.1, 0.15) is 11.9 Å². The minimum atomic E-state index is -0.943. The molecule has 2 N–H and O–H groups in total. The van der Waals surface area contributed by atoms with Gasteiger partial charge in [-0.2, -0.15) is 4.98 Å². The maximum atomic E-state index is 12.4. The number of hydrogen-bond acceptors (Lipinski definition) is 6. The van der Waals surface area contributed by atoms with E-state index in [1.165, 1.54) is 5.56 Å². The lowest BCUT2D eigenvalue weighted by Gasteiger charge is -2.24. The van der Waals surface area contributed by atoms with Crippen molar-refractivity contribution in [1.29, 1.82) is 0 Å². The number of benzene rings is 2. The smallest absolute Gasteiger partial charge is 0.326 e. The van der Waals surface area contributed by atoms with Crippen LogP contribution < -0.4 is 10.2 Å². The lowest BCUT2D eigenvalue weighted by Crippen LogP contribution is -2.33. The fraction of sp³-hybridized carbons (Fsp3) is 0.290. The molecule has 2 aromatic carbocycles. The molecular weight excluding hydrogens is 474 g/mol. The van der Waals surface area contributed by atoms with Crippen LogP contribution in [0.5, 0.6) is 0 Å². The van der Waals surface area contributed by atoms with Gasteiger partial charge in [-0.3, -0.25) is 4.98 Å². The van der Waals surface area contributed by atoms with E-state index in [-0.39, 0.29) is 6.04 Å². The van der Waals surface area contributed by atoms with Gasteiger partial charge in [0.2, 0.25) is 5.95 Å². The Hall–Kier alpha value is -4.26. The van der Waals surface area contributed by atoms with E-state index in [1.807, 2.05) is 54.5 Å². The zero-order valence-electron chi connectivity index (χ0n) is 22.9. The van der Waals surface area contributed by atoms with Crippen molar-refractivity contribution in [2.75, 3.05) is 17.3 Å². The van der Waals surface area contributed by atoms with Crippen LogP contribution in [0.1, 0.15) is 36.1 Å². The highest BCUT2D eigenvalue weighted by atomic mass is 16.4. The number of carboxylic acid groups (broad SMARTS) is 1. The first-order valence-electron chi connectivity index (χ1n) is 12.8. The van der Waals surface area contributed by atoms with Crippen LogP contribution >= 0.6 is 0 Å². The van der Waals surface area contributed by atoms with Crippen molar-refractivity contribution in [3.8, 4) is 22.3 Å². The van der Waals surface area contributed by atoms with E-state index in [1.54, 1.807) is 12.4 Å². The van der Waals surface area contributed by atoms with Crippen LogP contribution in [0.25, 0.3) is 22.3 Å². The number of carboxylic acids is 1. The van der Waals surface area contributed by atoms with Gasteiger partial charge in [-0.25, -0.2) is 9.78 Å². The Labute approximate surface area is 224 Å². The predicted octanol–water partition coefficient (Wildman–Crippen LogP) is 6.08. The van der Waals surface area contributed by atoms with Crippen LogP contribution in [0, 0.1) is 20.8 Å². The summed E-state index contributed by atoms with van der Waals surface area (Å²) >= 11 is 0. The molecule has 0 fully saturated rings. The highest BCUT2D eigenvalue weighted by Gasteiger charge is 2.23. The van der Waals surface area contributed by atoms with Crippen LogP contribution in [0.15, 0.2) is 67.1 Å². The van der Waals surface area contributed by atoms with Crippen molar-refractivity contribution in [2.45, 2.75) is 53.1 Å². The van der Waals surface area contributed by atoms with Gasteiger partial charge >= 0.3 is 5.97 Å². The van der Waals surface area contributed by atoms with Gasteiger partial charge in [-0.1, -0.05) is 48.0 Å². The zero-order valence-corrected chi connectivity index (χ0v) is 22.9. The normalized spacial score (nSPS) is 11.9. The second kappa shape index (κ2) is 11.4. The largest absolute Gasteiger partial charge is 0.480 e. The molecule has 0 saturated heterocycles. The average Bonchev–Trinajstić information content (AvgIpc) is 2.88. The highest BCUT2D eigenvalue weighted by Crippen LogP contribution is 2.34. The van der Waals surface area contributed by atoms with Crippen LogP contribution in [0.2, 0.25) is 0 Å². The number of pyridine rings is 1. The summed E-state index contributed by atoms with van der Waals surface area (Å²) in [7, 11) is 1.93. The van der Waals surface area contributed by atoms with Gasteiger partial charge in [-0.05, 0) is 74.1 Å². The Bertz CT molecular complexity index is 1400. The van der Waals surface area contributed by atoms with Crippen LogP contribution in [0.3, 0.4) is 0 Å². The topological polar surface area (TPSA) is 91.2 Å². The van der Waals surface area contributed by atoms with E-state index in [0.717, 1.165) is 38.9 Å². The van der Waals surface area contributed by atoms with Gasteiger partial charge in [-0.15, -0.1) is 0 Å². The van der Waals surface area contributed by atoms with Gasteiger partial charge in [0.25, 0.3) is 0 Å². The van der Waals surface area contributed by atoms with E-state index in [4.69, 9.17) is 4.98 Å². The van der Waals surface area contributed by atoms with Gasteiger partial charge in [0.15, 0.2) is 0 Å². The molecule has 0 aliphatic carbocycles. The molecule has 0 saturated carbocycles. The van der Waals surface area contributed by atoms with Gasteiger partial charge < -0.3 is 15.3 Å². The summed E-state index contributed by atoms with van der Waals surface area (Å²) in [6.45, 7) is 10.3. The molecule has 4 rings (SSSR count). The maximum absolute atomic E-state index is 12.4. The Balaban J connectivity index is 1.70. The number of nitrogens with one attached hydrogen (secondary N) is 1. The molecule has 0 radical (unpaired) electrons. The molecule has 2 aromatic heterocycles. The van der Waals surface area contributed by atoms with E-state index in [9.17, 15) is 9.90 Å². The molecule has 0 spiro atoms. The third-order valence-corrected chi connectivity index (χ3v) is 6.81. The minimum absolute atomic E-state index is 0.185. The minimum Gasteiger partial charge on any atom is -0.480 e. The number of aliphatic carboxylic acids is 1. The summed E-state index contributed by atoms with van der Waals surface area (Å²) < 4.78 is 0. The molecule has 0 aliphatic heterocycles. The number of rotatable bonds is 9. The first-order chi connectivity index (χ1) is 18.1. The monoisotopic (exact) mass is 509 g/mol. The summed E-state index contributed by atoms with van der Waals surface area (Å²) in [5, 5.41) is 13.4. The van der Waals surface area contributed by atoms with Crippen LogP contribution in [0.4, 0.5) is 11.8 Å². The molecular formula is C31H35N5O2. The second-order valence-corrected chi connectivity index (χ2v) is 10.1. The van der Waals surface area contributed by atoms with Crippen molar-refractivity contribution >= 4 is 17.7 Å². The average molecular weight is 510 g/mol. The van der Waals surface area contributed by atoms with Crippen molar-refractivity contribution in [3.63, 3.8) is 0 Å². The fourth-order valence-electron chi connectivity index (χ4n) is 4.64. The molecule has 0 bridgehead atoms. The highest BCUT2D eigenvalue weighted by molar-refractivity contribution is 5.84. The standard InChI is InChI=1S/C31H35N5O2/c1-19(2)36(6)31-33-18-26(28-21(4)14-20(3)15-22(28)5)29(35-31)34-27(30(37)38)16-23-9-11-24(12-10-23)25-8-7-13-32-17-25/h7-15,17-19,27H,16H2,1-6H3,(H,37,38)(H,33,34,35)/t27-/m0/s1. The molecule has 7 nitrogen and oxygen atoms in total. The number of anilines is 2. The van der Waals surface area contributed by atoms with Crippen LogP contribution in [-0.2, 0) is 11.2 Å². The molecule has 196 valence electrons. The van der Waals surface area contributed by atoms with Crippen LogP contribution in [-0.4, -0.2) is 45.2 Å². The number of nitrogens with zero attached hydrogens (tertiary/aromatic N) is 4. The Kier molecular flexibility index (Phi) is 8.05. The molecule has 0 unspecified atom stereocenters. The summed E-state index contributed by atoms with van der Waals surface area (Å²) in [5.41, 5.74) is 8.13. The van der Waals surface area contributed by atoms with Gasteiger partial charge in [0.05, 0.1) is 0 Å². The Morgan fingerprint density at radius 2 is 1.68 bits per heavy atom. The molecule has 0 aliphatic rings. The molecule has 0 amide bonds. The van der Waals surface area contributed by atoms with Gasteiger partial charge in [0, 0.05) is 43.7 Å². The summed E-state index contributed by atoms with van der Waals surface area (Å²) in [6.07, 6.45) is 5.66. The molecule has 1 atom stereocenters.